The molecular weight excluding hydrogens is 210 g/mol. The second-order valence-corrected chi connectivity index (χ2v) is 4.81. The van der Waals surface area contributed by atoms with Gasteiger partial charge in [0.1, 0.15) is 0 Å². The number of nitrogens with zero attached hydrogens (tertiary/aromatic N) is 2. The SMILES string of the molecule is CCC1CCCCCN1c1cnccc1CN. The molecule has 2 N–H and O–H groups in total. The second kappa shape index (κ2) is 6.01. The van der Waals surface area contributed by atoms with Crippen molar-refractivity contribution in [3.63, 3.8) is 0 Å². The molecule has 2 rings (SSSR count). The third-order valence-corrected chi connectivity index (χ3v) is 3.77. The summed E-state index contributed by atoms with van der Waals surface area (Å²) in [6.45, 7) is 4.03. The lowest BCUT2D eigenvalue weighted by Gasteiger charge is -2.32. The topological polar surface area (TPSA) is 42.2 Å². The summed E-state index contributed by atoms with van der Waals surface area (Å²) in [5, 5.41) is 0. The van der Waals surface area contributed by atoms with E-state index in [1.54, 1.807) is 0 Å². The monoisotopic (exact) mass is 233 g/mol. The molecule has 0 bridgehead atoms. The standard InChI is InChI=1S/C14H23N3/c1-2-13-6-4-3-5-9-17(13)14-11-16-8-7-12(14)10-15/h7-8,11,13H,2-6,9-10,15H2,1H3. The first-order valence-electron chi connectivity index (χ1n) is 6.76. The average Bonchev–Trinajstić information content (AvgIpc) is 2.63. The van der Waals surface area contributed by atoms with E-state index in [1.807, 2.05) is 18.5 Å². The van der Waals surface area contributed by atoms with Crippen LogP contribution < -0.4 is 10.6 Å². The molecular formula is C14H23N3. The van der Waals surface area contributed by atoms with E-state index in [1.165, 1.54) is 43.4 Å². The normalized spacial score (nSPS) is 21.3. The minimum atomic E-state index is 0.602. The lowest BCUT2D eigenvalue weighted by molar-refractivity contribution is 0.554. The minimum absolute atomic E-state index is 0.602. The van der Waals surface area contributed by atoms with E-state index in [0.717, 1.165) is 6.54 Å². The molecule has 1 aromatic heterocycles. The molecule has 3 heteroatoms. The number of hydrogen-bond donors (Lipinski definition) is 1. The van der Waals surface area contributed by atoms with Crippen LogP contribution in [0.3, 0.4) is 0 Å². The second-order valence-electron chi connectivity index (χ2n) is 4.81. The molecule has 0 aliphatic carbocycles. The summed E-state index contributed by atoms with van der Waals surface area (Å²) >= 11 is 0. The molecule has 2 heterocycles. The third-order valence-electron chi connectivity index (χ3n) is 3.77. The first kappa shape index (κ1) is 12.4. The van der Waals surface area contributed by atoms with Crippen molar-refractivity contribution < 1.29 is 0 Å². The zero-order chi connectivity index (χ0) is 12.1. The van der Waals surface area contributed by atoms with Crippen molar-refractivity contribution in [2.75, 3.05) is 11.4 Å². The molecule has 0 amide bonds. The molecule has 0 spiro atoms. The summed E-state index contributed by atoms with van der Waals surface area (Å²) in [5.74, 6) is 0. The van der Waals surface area contributed by atoms with Crippen LogP contribution >= 0.6 is 0 Å². The minimum Gasteiger partial charge on any atom is -0.367 e. The molecule has 1 atom stereocenters. The van der Waals surface area contributed by atoms with E-state index in [9.17, 15) is 0 Å². The Morgan fingerprint density at radius 1 is 1.41 bits per heavy atom. The smallest absolute Gasteiger partial charge is 0.0600 e. The van der Waals surface area contributed by atoms with E-state index in [2.05, 4.69) is 16.8 Å². The van der Waals surface area contributed by atoms with Gasteiger partial charge < -0.3 is 10.6 Å². The zero-order valence-corrected chi connectivity index (χ0v) is 10.7. The van der Waals surface area contributed by atoms with E-state index in [4.69, 9.17) is 5.73 Å². The Hall–Kier alpha value is -1.09. The lowest BCUT2D eigenvalue weighted by Crippen LogP contribution is -2.35. The number of aromatic nitrogens is 1. The Bertz CT molecular complexity index is 351. The number of pyridine rings is 1. The summed E-state index contributed by atoms with van der Waals surface area (Å²) in [5.41, 5.74) is 8.30. The van der Waals surface area contributed by atoms with Crippen LogP contribution in [-0.2, 0) is 6.54 Å². The van der Waals surface area contributed by atoms with Crippen LogP contribution in [0.2, 0.25) is 0 Å². The highest BCUT2D eigenvalue weighted by Gasteiger charge is 2.21. The molecule has 1 aromatic rings. The van der Waals surface area contributed by atoms with Gasteiger partial charge in [0.2, 0.25) is 0 Å². The maximum absolute atomic E-state index is 5.83. The molecule has 1 fully saturated rings. The quantitative estimate of drug-likeness (QED) is 0.872. The third kappa shape index (κ3) is 2.78. The van der Waals surface area contributed by atoms with Gasteiger partial charge >= 0.3 is 0 Å². The number of anilines is 1. The molecule has 3 nitrogen and oxygen atoms in total. The van der Waals surface area contributed by atoms with Gasteiger partial charge in [-0.3, -0.25) is 4.98 Å². The summed E-state index contributed by atoms with van der Waals surface area (Å²) < 4.78 is 0. The van der Waals surface area contributed by atoms with Crippen molar-refractivity contribution in [2.45, 2.75) is 51.6 Å². The molecule has 17 heavy (non-hydrogen) atoms. The van der Waals surface area contributed by atoms with Crippen LogP contribution in [0.4, 0.5) is 5.69 Å². The van der Waals surface area contributed by atoms with Crippen LogP contribution in [0, 0.1) is 0 Å². The largest absolute Gasteiger partial charge is 0.367 e. The van der Waals surface area contributed by atoms with Gasteiger partial charge in [0.15, 0.2) is 0 Å². The Morgan fingerprint density at radius 3 is 3.06 bits per heavy atom. The maximum Gasteiger partial charge on any atom is 0.0600 e. The molecule has 0 aromatic carbocycles. The first-order chi connectivity index (χ1) is 8.36. The average molecular weight is 233 g/mol. The van der Waals surface area contributed by atoms with Crippen LogP contribution in [0.15, 0.2) is 18.5 Å². The summed E-state index contributed by atoms with van der Waals surface area (Å²) in [6.07, 6.45) is 10.3. The molecule has 1 saturated heterocycles. The van der Waals surface area contributed by atoms with Gasteiger partial charge in [0, 0.05) is 25.3 Å². The molecule has 0 radical (unpaired) electrons. The fourth-order valence-corrected chi connectivity index (χ4v) is 2.77. The number of rotatable bonds is 3. The van der Waals surface area contributed by atoms with E-state index in [-0.39, 0.29) is 0 Å². The van der Waals surface area contributed by atoms with Gasteiger partial charge in [-0.05, 0) is 30.9 Å². The predicted molar refractivity (Wildman–Crippen MR) is 72.0 cm³/mol. The highest BCUT2D eigenvalue weighted by Crippen LogP contribution is 2.27. The van der Waals surface area contributed by atoms with Crippen molar-refractivity contribution in [3.8, 4) is 0 Å². The Labute approximate surface area is 104 Å². The van der Waals surface area contributed by atoms with Gasteiger partial charge in [0.25, 0.3) is 0 Å². The highest BCUT2D eigenvalue weighted by molar-refractivity contribution is 5.52. The van der Waals surface area contributed by atoms with Crippen LogP contribution in [0.5, 0.6) is 0 Å². The number of hydrogen-bond acceptors (Lipinski definition) is 3. The molecule has 1 unspecified atom stereocenters. The van der Waals surface area contributed by atoms with Crippen LogP contribution in [-0.4, -0.2) is 17.6 Å². The van der Waals surface area contributed by atoms with Crippen molar-refractivity contribution >= 4 is 5.69 Å². The Morgan fingerprint density at radius 2 is 2.29 bits per heavy atom. The van der Waals surface area contributed by atoms with E-state index >= 15 is 0 Å². The van der Waals surface area contributed by atoms with Gasteiger partial charge in [-0.1, -0.05) is 19.8 Å². The van der Waals surface area contributed by atoms with Crippen molar-refractivity contribution in [2.24, 2.45) is 5.73 Å². The summed E-state index contributed by atoms with van der Waals surface area (Å²) in [6, 6.07) is 2.71. The van der Waals surface area contributed by atoms with Gasteiger partial charge in [-0.25, -0.2) is 0 Å². The Balaban J connectivity index is 2.28. The summed E-state index contributed by atoms with van der Waals surface area (Å²) in [4.78, 5) is 6.80. The predicted octanol–water partition coefficient (Wildman–Crippen LogP) is 2.70. The molecule has 94 valence electrons. The Kier molecular flexibility index (Phi) is 4.37. The number of nitrogens with two attached hydrogens (primary N) is 1. The van der Waals surface area contributed by atoms with Crippen molar-refractivity contribution in [1.29, 1.82) is 0 Å². The van der Waals surface area contributed by atoms with Crippen LogP contribution in [0.25, 0.3) is 0 Å². The molecule has 0 saturated carbocycles. The lowest BCUT2D eigenvalue weighted by atomic mass is 10.1. The van der Waals surface area contributed by atoms with E-state index < -0.39 is 0 Å². The van der Waals surface area contributed by atoms with E-state index in [0.29, 0.717) is 12.6 Å². The molecule has 1 aliphatic heterocycles. The van der Waals surface area contributed by atoms with Crippen molar-refractivity contribution in [3.05, 3.63) is 24.0 Å². The van der Waals surface area contributed by atoms with Gasteiger partial charge in [0.05, 0.1) is 11.9 Å². The van der Waals surface area contributed by atoms with Gasteiger partial charge in [-0.15, -0.1) is 0 Å². The highest BCUT2D eigenvalue weighted by atomic mass is 15.2. The first-order valence-corrected chi connectivity index (χ1v) is 6.76. The zero-order valence-electron chi connectivity index (χ0n) is 10.7. The van der Waals surface area contributed by atoms with Crippen LogP contribution in [0.1, 0.15) is 44.6 Å². The summed E-state index contributed by atoms with van der Waals surface area (Å²) in [7, 11) is 0. The maximum atomic E-state index is 5.83. The van der Waals surface area contributed by atoms with Crippen molar-refractivity contribution in [1.82, 2.24) is 4.98 Å². The fourth-order valence-electron chi connectivity index (χ4n) is 2.77. The fraction of sp³-hybridized carbons (Fsp3) is 0.643. The molecule has 1 aliphatic rings. The van der Waals surface area contributed by atoms with Gasteiger partial charge in [-0.2, -0.15) is 0 Å².